The number of benzene rings is 1. The van der Waals surface area contributed by atoms with Gasteiger partial charge in [-0.25, -0.2) is 12.8 Å². The van der Waals surface area contributed by atoms with Crippen molar-refractivity contribution in [3.63, 3.8) is 0 Å². The highest BCUT2D eigenvalue weighted by atomic mass is 32.2. The summed E-state index contributed by atoms with van der Waals surface area (Å²) in [4.78, 5) is 0.217. The van der Waals surface area contributed by atoms with Gasteiger partial charge in [-0.05, 0) is 43.5 Å². The summed E-state index contributed by atoms with van der Waals surface area (Å²) in [6.07, 6.45) is 1.00. The van der Waals surface area contributed by atoms with Crippen LogP contribution < -0.4 is 5.32 Å². The van der Waals surface area contributed by atoms with Crippen molar-refractivity contribution in [3.8, 4) is 0 Å². The van der Waals surface area contributed by atoms with E-state index in [0.29, 0.717) is 18.4 Å². The quantitative estimate of drug-likeness (QED) is 0.822. The molecule has 1 aliphatic rings. The average molecular weight is 287 g/mol. The molecule has 2 unspecified atom stereocenters. The van der Waals surface area contributed by atoms with E-state index in [0.717, 1.165) is 0 Å². The molecule has 4 nitrogen and oxygen atoms in total. The van der Waals surface area contributed by atoms with Crippen LogP contribution in [0.2, 0.25) is 0 Å². The van der Waals surface area contributed by atoms with E-state index in [9.17, 15) is 12.8 Å². The third-order valence-corrected chi connectivity index (χ3v) is 5.22. The molecule has 0 radical (unpaired) electrons. The van der Waals surface area contributed by atoms with Gasteiger partial charge < -0.3 is 10.4 Å². The van der Waals surface area contributed by atoms with Crippen LogP contribution in [-0.2, 0) is 9.84 Å². The summed E-state index contributed by atoms with van der Waals surface area (Å²) in [5, 5.41) is 12.1. The summed E-state index contributed by atoms with van der Waals surface area (Å²) in [5.41, 5.74) is 0.496. The van der Waals surface area contributed by atoms with Crippen molar-refractivity contribution in [2.75, 3.05) is 12.4 Å². The molecule has 19 heavy (non-hydrogen) atoms. The maximum absolute atomic E-state index is 13.3. The lowest BCUT2D eigenvalue weighted by molar-refractivity contribution is 0.261. The van der Waals surface area contributed by atoms with Gasteiger partial charge in [0, 0.05) is 18.7 Å². The summed E-state index contributed by atoms with van der Waals surface area (Å²) in [5.74, 6) is -0.368. The largest absolute Gasteiger partial charge is 0.396 e. The summed E-state index contributed by atoms with van der Waals surface area (Å²) in [7, 11) is -3.30. The second-order valence-corrected chi connectivity index (χ2v) is 7.00. The number of halogens is 1. The smallest absolute Gasteiger partial charge is 0.178 e. The van der Waals surface area contributed by atoms with Crippen molar-refractivity contribution in [3.05, 3.63) is 29.6 Å². The third kappa shape index (κ3) is 3.13. The van der Waals surface area contributed by atoms with E-state index in [-0.39, 0.29) is 29.3 Å². The molecule has 1 heterocycles. The molecule has 2 atom stereocenters. The van der Waals surface area contributed by atoms with Crippen LogP contribution in [-0.4, -0.2) is 31.9 Å². The minimum atomic E-state index is -3.30. The van der Waals surface area contributed by atoms with Crippen LogP contribution in [0.3, 0.4) is 0 Å². The zero-order valence-electron chi connectivity index (χ0n) is 10.8. The average Bonchev–Trinajstić information content (AvgIpc) is 2.33. The highest BCUT2D eigenvalue weighted by molar-refractivity contribution is 7.91. The van der Waals surface area contributed by atoms with Crippen molar-refractivity contribution in [1.29, 1.82) is 0 Å². The van der Waals surface area contributed by atoms with Gasteiger partial charge in [-0.15, -0.1) is 0 Å². The zero-order valence-corrected chi connectivity index (χ0v) is 11.6. The van der Waals surface area contributed by atoms with Crippen molar-refractivity contribution < 1.29 is 17.9 Å². The summed E-state index contributed by atoms with van der Waals surface area (Å²) in [6.45, 7) is 1.98. The molecular formula is C13H18FNO3S. The Morgan fingerprint density at radius 3 is 2.95 bits per heavy atom. The Labute approximate surface area is 112 Å². The van der Waals surface area contributed by atoms with Crippen LogP contribution in [0.5, 0.6) is 0 Å². The van der Waals surface area contributed by atoms with Crippen molar-refractivity contribution >= 4 is 9.84 Å². The molecule has 0 amide bonds. The van der Waals surface area contributed by atoms with Gasteiger partial charge in [-0.3, -0.25) is 0 Å². The predicted octanol–water partition coefficient (Wildman–Crippen LogP) is 1.40. The van der Waals surface area contributed by atoms with E-state index in [4.69, 9.17) is 5.11 Å². The fourth-order valence-electron chi connectivity index (χ4n) is 2.41. The fraction of sp³-hybridized carbons (Fsp3) is 0.538. The molecule has 106 valence electrons. The normalized spacial score (nSPS) is 22.8. The van der Waals surface area contributed by atoms with E-state index < -0.39 is 15.7 Å². The molecule has 0 aromatic heterocycles. The van der Waals surface area contributed by atoms with Crippen LogP contribution in [0.15, 0.2) is 23.1 Å². The zero-order chi connectivity index (χ0) is 14.0. The number of aliphatic hydroxyl groups is 1. The van der Waals surface area contributed by atoms with Crippen molar-refractivity contribution in [2.45, 2.75) is 36.7 Å². The van der Waals surface area contributed by atoms with Gasteiger partial charge in [0.25, 0.3) is 0 Å². The molecular weight excluding hydrogens is 269 g/mol. The molecule has 0 saturated heterocycles. The molecule has 0 saturated carbocycles. The molecule has 1 aromatic carbocycles. The number of sulfone groups is 1. The number of hydrogen-bond acceptors (Lipinski definition) is 4. The number of aliphatic hydroxyl groups excluding tert-OH is 1. The third-order valence-electron chi connectivity index (χ3n) is 3.41. The minimum Gasteiger partial charge on any atom is -0.396 e. The van der Waals surface area contributed by atoms with Gasteiger partial charge in [0.15, 0.2) is 9.84 Å². The van der Waals surface area contributed by atoms with Crippen LogP contribution in [0.4, 0.5) is 4.39 Å². The predicted molar refractivity (Wildman–Crippen MR) is 70.1 cm³/mol. The van der Waals surface area contributed by atoms with Gasteiger partial charge in [0.2, 0.25) is 0 Å². The van der Waals surface area contributed by atoms with Gasteiger partial charge >= 0.3 is 0 Å². The Balaban J connectivity index is 2.32. The number of nitrogens with one attached hydrogen (secondary N) is 1. The minimum absolute atomic E-state index is 0.0481. The Bertz CT molecular complexity index is 559. The highest BCUT2D eigenvalue weighted by Gasteiger charge is 2.31. The summed E-state index contributed by atoms with van der Waals surface area (Å²) >= 11 is 0. The molecule has 0 fully saturated rings. The maximum Gasteiger partial charge on any atom is 0.178 e. The molecule has 0 spiro atoms. The van der Waals surface area contributed by atoms with E-state index >= 15 is 0 Å². The Morgan fingerprint density at radius 2 is 2.26 bits per heavy atom. The lowest BCUT2D eigenvalue weighted by Crippen LogP contribution is -2.35. The molecule has 6 heteroatoms. The van der Waals surface area contributed by atoms with Crippen molar-refractivity contribution in [1.82, 2.24) is 5.32 Å². The second-order valence-electron chi connectivity index (χ2n) is 4.92. The summed E-state index contributed by atoms with van der Waals surface area (Å²) < 4.78 is 37.2. The second kappa shape index (κ2) is 5.56. The molecule has 1 aromatic rings. The Kier molecular flexibility index (Phi) is 4.23. The maximum atomic E-state index is 13.3. The monoisotopic (exact) mass is 287 g/mol. The van der Waals surface area contributed by atoms with E-state index in [1.165, 1.54) is 18.2 Å². The first-order valence-electron chi connectivity index (χ1n) is 6.33. The van der Waals surface area contributed by atoms with Gasteiger partial charge in [-0.1, -0.05) is 0 Å². The van der Waals surface area contributed by atoms with Crippen LogP contribution >= 0.6 is 0 Å². The topological polar surface area (TPSA) is 66.4 Å². The fourth-order valence-corrected chi connectivity index (χ4v) is 4.01. The van der Waals surface area contributed by atoms with Gasteiger partial charge in [0.1, 0.15) is 5.82 Å². The van der Waals surface area contributed by atoms with Crippen LogP contribution in [0, 0.1) is 5.82 Å². The van der Waals surface area contributed by atoms with Gasteiger partial charge in [0.05, 0.1) is 10.6 Å². The number of hydrogen-bond donors (Lipinski definition) is 2. The Hall–Kier alpha value is -0.980. The van der Waals surface area contributed by atoms with Gasteiger partial charge in [-0.2, -0.15) is 0 Å². The molecule has 2 N–H and O–H groups in total. The number of fused-ring (bicyclic) bond motifs is 1. The first-order valence-corrected chi connectivity index (χ1v) is 7.98. The first-order chi connectivity index (χ1) is 8.94. The summed E-state index contributed by atoms with van der Waals surface area (Å²) in [6, 6.07) is 3.67. The van der Waals surface area contributed by atoms with E-state index in [1.54, 1.807) is 0 Å². The molecule has 2 rings (SSSR count). The lowest BCUT2D eigenvalue weighted by atomic mass is 10.0. The van der Waals surface area contributed by atoms with E-state index in [2.05, 4.69) is 5.32 Å². The van der Waals surface area contributed by atoms with Crippen LogP contribution in [0.25, 0.3) is 0 Å². The standard InChI is InChI=1S/C13H18FNO3S/c1-9(4-6-16)15-12-5-7-19(17,18)13-3-2-10(14)8-11(12)13/h2-3,8-9,12,15-16H,4-7H2,1H3. The molecule has 0 bridgehead atoms. The number of rotatable bonds is 4. The molecule has 1 aliphatic heterocycles. The van der Waals surface area contributed by atoms with E-state index in [1.807, 2.05) is 6.92 Å². The molecule has 0 aliphatic carbocycles. The first kappa shape index (κ1) is 14.4. The SMILES string of the molecule is CC(CCO)NC1CCS(=O)(=O)c2ccc(F)cc21. The lowest BCUT2D eigenvalue weighted by Gasteiger charge is -2.29. The highest BCUT2D eigenvalue weighted by Crippen LogP contribution is 2.33. The Morgan fingerprint density at radius 1 is 1.53 bits per heavy atom. The van der Waals surface area contributed by atoms with Crippen LogP contribution in [0.1, 0.15) is 31.4 Å². The van der Waals surface area contributed by atoms with Crippen molar-refractivity contribution in [2.24, 2.45) is 0 Å².